The molecular formula is C19H21N3O. The van der Waals surface area contributed by atoms with Crippen molar-refractivity contribution in [2.45, 2.75) is 25.8 Å². The van der Waals surface area contributed by atoms with Crippen molar-refractivity contribution in [3.8, 4) is 0 Å². The lowest BCUT2D eigenvalue weighted by Crippen LogP contribution is -2.15. The van der Waals surface area contributed by atoms with Crippen LogP contribution >= 0.6 is 0 Å². The van der Waals surface area contributed by atoms with E-state index in [1.807, 2.05) is 24.3 Å². The van der Waals surface area contributed by atoms with Crippen LogP contribution in [0.25, 0.3) is 0 Å². The molecule has 3 rings (SSSR count). The van der Waals surface area contributed by atoms with Gasteiger partial charge in [-0.25, -0.2) is 0 Å². The molecule has 0 aliphatic heterocycles. The number of benzene rings is 2. The summed E-state index contributed by atoms with van der Waals surface area (Å²) in [5.41, 5.74) is 2.55. The van der Waals surface area contributed by atoms with E-state index in [0.29, 0.717) is 24.7 Å². The molecule has 0 saturated heterocycles. The summed E-state index contributed by atoms with van der Waals surface area (Å²) in [4.78, 5) is 0. The Labute approximate surface area is 136 Å². The second kappa shape index (κ2) is 8.25. The van der Waals surface area contributed by atoms with Gasteiger partial charge in [0.15, 0.2) is 0 Å². The predicted molar refractivity (Wildman–Crippen MR) is 90.0 cm³/mol. The van der Waals surface area contributed by atoms with Crippen LogP contribution in [0.1, 0.15) is 29.3 Å². The number of hydrogen-bond acceptors (Lipinski definition) is 4. The third-order valence-corrected chi connectivity index (χ3v) is 3.64. The average molecular weight is 307 g/mol. The topological polar surface area (TPSA) is 51.0 Å². The fraction of sp³-hybridized carbons (Fsp3) is 0.263. The van der Waals surface area contributed by atoms with Gasteiger partial charge in [0.25, 0.3) is 0 Å². The molecule has 0 radical (unpaired) electrons. The van der Waals surface area contributed by atoms with E-state index < -0.39 is 0 Å². The molecular weight excluding hydrogens is 286 g/mol. The summed E-state index contributed by atoms with van der Waals surface area (Å²) >= 11 is 0. The maximum Gasteiger partial charge on any atom is 0.230 e. The van der Waals surface area contributed by atoms with Crippen LogP contribution in [0, 0.1) is 0 Å². The molecule has 1 heterocycles. The monoisotopic (exact) mass is 307 g/mol. The van der Waals surface area contributed by atoms with Gasteiger partial charge in [-0.3, -0.25) is 0 Å². The number of rotatable bonds is 8. The third-order valence-electron chi connectivity index (χ3n) is 3.64. The fourth-order valence-electron chi connectivity index (χ4n) is 2.46. The van der Waals surface area contributed by atoms with Gasteiger partial charge in [0.1, 0.15) is 0 Å². The standard InChI is InChI=1S/C19H21N3O/c1-3-8-16(9-4-1)12-7-13-20-15-19-22-21-18(23-19)14-17-10-5-2-6-11-17/h1-6,8-11,20H,7,12-15H2. The van der Waals surface area contributed by atoms with Crippen molar-refractivity contribution in [2.75, 3.05) is 6.54 Å². The Balaban J connectivity index is 1.38. The van der Waals surface area contributed by atoms with E-state index in [1.165, 1.54) is 11.1 Å². The van der Waals surface area contributed by atoms with Gasteiger partial charge in [0, 0.05) is 0 Å². The van der Waals surface area contributed by atoms with Crippen LogP contribution < -0.4 is 5.32 Å². The van der Waals surface area contributed by atoms with E-state index in [2.05, 4.69) is 51.9 Å². The van der Waals surface area contributed by atoms with Crippen molar-refractivity contribution in [1.29, 1.82) is 0 Å². The van der Waals surface area contributed by atoms with Gasteiger partial charge in [0.05, 0.1) is 13.0 Å². The molecule has 0 spiro atoms. The number of hydrogen-bond donors (Lipinski definition) is 1. The van der Waals surface area contributed by atoms with Crippen LogP contribution in [0.4, 0.5) is 0 Å². The molecule has 118 valence electrons. The minimum Gasteiger partial charge on any atom is -0.424 e. The second-order valence-electron chi connectivity index (χ2n) is 5.52. The van der Waals surface area contributed by atoms with E-state index in [0.717, 1.165) is 19.4 Å². The van der Waals surface area contributed by atoms with Crippen molar-refractivity contribution >= 4 is 0 Å². The summed E-state index contributed by atoms with van der Waals surface area (Å²) in [7, 11) is 0. The second-order valence-corrected chi connectivity index (χ2v) is 5.52. The molecule has 0 unspecified atom stereocenters. The largest absolute Gasteiger partial charge is 0.424 e. The first-order chi connectivity index (χ1) is 11.4. The Morgan fingerprint density at radius 3 is 2.17 bits per heavy atom. The van der Waals surface area contributed by atoms with Crippen LogP contribution in [0.15, 0.2) is 65.1 Å². The first-order valence-electron chi connectivity index (χ1n) is 8.00. The zero-order chi connectivity index (χ0) is 15.7. The van der Waals surface area contributed by atoms with Crippen molar-refractivity contribution in [1.82, 2.24) is 15.5 Å². The van der Waals surface area contributed by atoms with E-state index in [4.69, 9.17) is 4.42 Å². The van der Waals surface area contributed by atoms with Crippen molar-refractivity contribution < 1.29 is 4.42 Å². The number of aromatic nitrogens is 2. The normalized spacial score (nSPS) is 10.8. The van der Waals surface area contributed by atoms with Crippen LogP contribution in [0.2, 0.25) is 0 Å². The molecule has 0 saturated carbocycles. The quantitative estimate of drug-likeness (QED) is 0.648. The molecule has 1 N–H and O–H groups in total. The Morgan fingerprint density at radius 1 is 0.783 bits per heavy atom. The van der Waals surface area contributed by atoms with E-state index in [1.54, 1.807) is 0 Å². The van der Waals surface area contributed by atoms with Crippen molar-refractivity contribution in [3.05, 3.63) is 83.6 Å². The van der Waals surface area contributed by atoms with Gasteiger partial charge < -0.3 is 9.73 Å². The maximum atomic E-state index is 5.67. The van der Waals surface area contributed by atoms with E-state index in [9.17, 15) is 0 Å². The Kier molecular flexibility index (Phi) is 5.53. The molecule has 2 aromatic carbocycles. The lowest BCUT2D eigenvalue weighted by atomic mass is 10.1. The van der Waals surface area contributed by atoms with Gasteiger partial charge >= 0.3 is 0 Å². The van der Waals surface area contributed by atoms with Gasteiger partial charge in [-0.05, 0) is 30.5 Å². The lowest BCUT2D eigenvalue weighted by molar-refractivity contribution is 0.438. The highest BCUT2D eigenvalue weighted by Gasteiger charge is 2.06. The molecule has 0 aliphatic rings. The Bertz CT molecular complexity index is 695. The molecule has 0 amide bonds. The Morgan fingerprint density at radius 2 is 1.43 bits per heavy atom. The highest BCUT2D eigenvalue weighted by atomic mass is 16.4. The summed E-state index contributed by atoms with van der Waals surface area (Å²) in [6.07, 6.45) is 2.85. The smallest absolute Gasteiger partial charge is 0.230 e. The zero-order valence-electron chi connectivity index (χ0n) is 13.1. The SMILES string of the molecule is c1ccc(CCCNCc2nnc(Cc3ccccc3)o2)cc1. The number of nitrogens with zero attached hydrogens (tertiary/aromatic N) is 2. The highest BCUT2D eigenvalue weighted by molar-refractivity contribution is 5.17. The van der Waals surface area contributed by atoms with Gasteiger partial charge in [-0.1, -0.05) is 60.7 Å². The average Bonchev–Trinajstić information content (AvgIpc) is 3.04. The predicted octanol–water partition coefficient (Wildman–Crippen LogP) is 3.38. The summed E-state index contributed by atoms with van der Waals surface area (Å²) in [5.74, 6) is 1.31. The first-order valence-corrected chi connectivity index (χ1v) is 8.00. The fourth-order valence-corrected chi connectivity index (χ4v) is 2.46. The van der Waals surface area contributed by atoms with Crippen LogP contribution in [0.5, 0.6) is 0 Å². The molecule has 0 atom stereocenters. The van der Waals surface area contributed by atoms with Crippen LogP contribution in [-0.4, -0.2) is 16.7 Å². The third kappa shape index (κ3) is 5.04. The lowest BCUT2D eigenvalue weighted by Gasteiger charge is -2.02. The summed E-state index contributed by atoms with van der Waals surface area (Å²) in [6, 6.07) is 20.7. The summed E-state index contributed by atoms with van der Waals surface area (Å²) in [5, 5.41) is 11.5. The molecule has 23 heavy (non-hydrogen) atoms. The highest BCUT2D eigenvalue weighted by Crippen LogP contribution is 2.08. The summed E-state index contributed by atoms with van der Waals surface area (Å²) in [6.45, 7) is 1.56. The van der Waals surface area contributed by atoms with Gasteiger partial charge in [0.2, 0.25) is 11.8 Å². The zero-order valence-corrected chi connectivity index (χ0v) is 13.1. The number of nitrogens with one attached hydrogen (secondary N) is 1. The Hall–Kier alpha value is -2.46. The molecule has 4 heteroatoms. The molecule has 4 nitrogen and oxygen atoms in total. The number of aryl methyl sites for hydroxylation is 1. The van der Waals surface area contributed by atoms with Crippen molar-refractivity contribution in [2.24, 2.45) is 0 Å². The van der Waals surface area contributed by atoms with E-state index in [-0.39, 0.29) is 0 Å². The van der Waals surface area contributed by atoms with E-state index >= 15 is 0 Å². The minimum absolute atomic E-state index is 0.622. The summed E-state index contributed by atoms with van der Waals surface area (Å²) < 4.78 is 5.67. The maximum absolute atomic E-state index is 5.67. The van der Waals surface area contributed by atoms with Crippen LogP contribution in [-0.2, 0) is 19.4 Å². The minimum atomic E-state index is 0.622. The van der Waals surface area contributed by atoms with Crippen LogP contribution in [0.3, 0.4) is 0 Å². The first kappa shape index (κ1) is 15.4. The molecule has 0 bridgehead atoms. The van der Waals surface area contributed by atoms with Gasteiger partial charge in [-0.15, -0.1) is 10.2 Å². The van der Waals surface area contributed by atoms with Crippen molar-refractivity contribution in [3.63, 3.8) is 0 Å². The molecule has 1 aromatic heterocycles. The van der Waals surface area contributed by atoms with Gasteiger partial charge in [-0.2, -0.15) is 0 Å². The molecule has 0 fully saturated rings. The molecule has 3 aromatic rings. The molecule has 0 aliphatic carbocycles.